The molecule has 3 rings (SSSR count). The zero-order chi connectivity index (χ0) is 14.3. The Morgan fingerprint density at radius 3 is 2.60 bits per heavy atom. The van der Waals surface area contributed by atoms with Crippen LogP contribution in [-0.4, -0.2) is 0 Å². The van der Waals surface area contributed by atoms with E-state index in [4.69, 9.17) is 10.2 Å². The second-order valence-electron chi connectivity index (χ2n) is 4.79. The Morgan fingerprint density at radius 2 is 1.90 bits per heavy atom. The number of aryl methyl sites for hydroxylation is 1. The van der Waals surface area contributed by atoms with E-state index in [-0.39, 0.29) is 6.04 Å². The third-order valence-electron chi connectivity index (χ3n) is 3.36. The zero-order valence-corrected chi connectivity index (χ0v) is 14.0. The van der Waals surface area contributed by atoms with E-state index in [0.717, 1.165) is 36.8 Å². The highest BCUT2D eigenvalue weighted by Crippen LogP contribution is 2.32. The molecular weight excluding hydrogens is 382 g/mol. The van der Waals surface area contributed by atoms with E-state index >= 15 is 0 Å². The number of fused-ring (bicyclic) bond motifs is 1. The molecule has 4 heteroatoms. The number of benzene rings is 2. The Labute approximate surface area is 134 Å². The molecule has 1 aromatic heterocycles. The first-order valence-corrected chi connectivity index (χ1v) is 7.84. The minimum absolute atomic E-state index is 0.288. The van der Waals surface area contributed by atoms with Gasteiger partial charge in [-0.15, -0.1) is 0 Å². The Bertz CT molecular complexity index is 779. The molecule has 0 saturated heterocycles. The molecule has 1 atom stereocenters. The lowest BCUT2D eigenvalue weighted by atomic mass is 10.1. The van der Waals surface area contributed by atoms with Gasteiger partial charge in [-0.1, -0.05) is 56.1 Å². The van der Waals surface area contributed by atoms with E-state index in [9.17, 15) is 0 Å². The molecule has 102 valence electrons. The average Bonchev–Trinajstić information content (AvgIpc) is 2.83. The van der Waals surface area contributed by atoms with Crippen LogP contribution in [0.1, 0.15) is 22.9 Å². The first kappa shape index (κ1) is 13.9. The van der Waals surface area contributed by atoms with Gasteiger partial charge in [-0.2, -0.15) is 0 Å². The number of hydrogen-bond donors (Lipinski definition) is 1. The van der Waals surface area contributed by atoms with Crippen LogP contribution in [0.5, 0.6) is 0 Å². The van der Waals surface area contributed by atoms with E-state index in [1.807, 2.05) is 49.4 Å². The molecule has 2 aromatic carbocycles. The third-order valence-corrected chi connectivity index (χ3v) is 4.54. The molecule has 0 bridgehead atoms. The van der Waals surface area contributed by atoms with Gasteiger partial charge >= 0.3 is 0 Å². The summed E-state index contributed by atoms with van der Waals surface area (Å²) in [5, 5.41) is 1.09. The minimum atomic E-state index is -0.288. The Hall–Kier alpha value is -1.10. The summed E-state index contributed by atoms with van der Waals surface area (Å²) < 4.78 is 7.93. The molecular formula is C16H13Br2NO. The monoisotopic (exact) mass is 393 g/mol. The van der Waals surface area contributed by atoms with Gasteiger partial charge in [0, 0.05) is 14.3 Å². The predicted molar refractivity (Wildman–Crippen MR) is 88.8 cm³/mol. The Balaban J connectivity index is 2.08. The summed E-state index contributed by atoms with van der Waals surface area (Å²) in [5.41, 5.74) is 9.38. The molecule has 2 nitrogen and oxygen atoms in total. The lowest BCUT2D eigenvalue weighted by molar-refractivity contribution is 0.523. The van der Waals surface area contributed by atoms with Crippen molar-refractivity contribution in [2.75, 3.05) is 0 Å². The lowest BCUT2D eigenvalue weighted by Gasteiger charge is -2.11. The van der Waals surface area contributed by atoms with Crippen molar-refractivity contribution in [2.24, 2.45) is 5.73 Å². The van der Waals surface area contributed by atoms with Crippen LogP contribution < -0.4 is 5.73 Å². The molecule has 0 spiro atoms. The molecule has 1 unspecified atom stereocenters. The maximum atomic E-state index is 6.34. The summed E-state index contributed by atoms with van der Waals surface area (Å²) in [7, 11) is 0. The summed E-state index contributed by atoms with van der Waals surface area (Å²) >= 11 is 7.00. The van der Waals surface area contributed by atoms with Crippen LogP contribution in [0.25, 0.3) is 11.0 Å². The van der Waals surface area contributed by atoms with Crippen molar-refractivity contribution in [3.8, 4) is 0 Å². The fourth-order valence-corrected chi connectivity index (χ4v) is 3.58. The molecule has 0 amide bonds. The highest BCUT2D eigenvalue weighted by atomic mass is 79.9. The fraction of sp³-hybridized carbons (Fsp3) is 0.125. The van der Waals surface area contributed by atoms with Crippen molar-refractivity contribution in [3.63, 3.8) is 0 Å². The normalized spacial score (nSPS) is 12.8. The van der Waals surface area contributed by atoms with Crippen molar-refractivity contribution < 1.29 is 4.42 Å². The molecule has 3 aromatic rings. The summed E-state index contributed by atoms with van der Waals surface area (Å²) in [5.74, 6) is 0.775. The highest BCUT2D eigenvalue weighted by Gasteiger charge is 2.17. The quantitative estimate of drug-likeness (QED) is 0.639. The van der Waals surface area contributed by atoms with Gasteiger partial charge in [0.25, 0.3) is 0 Å². The standard InChI is InChI=1S/C16H13Br2NO/c1-9-3-2-4-10-7-14(20-16(9)10)15(19)12-6-5-11(17)8-13(12)18/h2-8,15H,19H2,1H3. The average molecular weight is 395 g/mol. The first-order valence-electron chi connectivity index (χ1n) is 6.26. The van der Waals surface area contributed by atoms with Crippen LogP contribution in [-0.2, 0) is 0 Å². The van der Waals surface area contributed by atoms with E-state index in [0.29, 0.717) is 0 Å². The van der Waals surface area contributed by atoms with Gasteiger partial charge in [0.2, 0.25) is 0 Å². The molecule has 1 heterocycles. The molecule has 2 N–H and O–H groups in total. The summed E-state index contributed by atoms with van der Waals surface area (Å²) in [6.45, 7) is 2.04. The van der Waals surface area contributed by atoms with Gasteiger partial charge in [-0.3, -0.25) is 0 Å². The fourth-order valence-electron chi connectivity index (χ4n) is 2.29. The van der Waals surface area contributed by atoms with Crippen LogP contribution in [0.15, 0.2) is 55.8 Å². The van der Waals surface area contributed by atoms with Crippen molar-refractivity contribution >= 4 is 42.8 Å². The predicted octanol–water partition coefficient (Wildman–Crippen LogP) is 5.31. The van der Waals surface area contributed by atoms with Gasteiger partial charge in [0.1, 0.15) is 11.3 Å². The van der Waals surface area contributed by atoms with Crippen LogP contribution in [0, 0.1) is 6.92 Å². The molecule has 20 heavy (non-hydrogen) atoms. The third kappa shape index (κ3) is 2.43. The van der Waals surface area contributed by atoms with E-state index in [1.165, 1.54) is 0 Å². The van der Waals surface area contributed by atoms with Gasteiger partial charge in [-0.25, -0.2) is 0 Å². The topological polar surface area (TPSA) is 39.2 Å². The van der Waals surface area contributed by atoms with E-state index in [2.05, 4.69) is 31.9 Å². The first-order chi connectivity index (χ1) is 9.56. The van der Waals surface area contributed by atoms with Crippen molar-refractivity contribution in [2.45, 2.75) is 13.0 Å². The minimum Gasteiger partial charge on any atom is -0.459 e. The highest BCUT2D eigenvalue weighted by molar-refractivity contribution is 9.11. The number of halogens is 2. The summed E-state index contributed by atoms with van der Waals surface area (Å²) in [6, 6.07) is 13.8. The van der Waals surface area contributed by atoms with Crippen LogP contribution in [0.4, 0.5) is 0 Å². The molecule has 0 radical (unpaired) electrons. The molecule has 0 aliphatic rings. The van der Waals surface area contributed by atoms with Crippen molar-refractivity contribution in [1.82, 2.24) is 0 Å². The second kappa shape index (κ2) is 5.35. The number of nitrogens with two attached hydrogens (primary N) is 1. The van der Waals surface area contributed by atoms with Gasteiger partial charge < -0.3 is 10.2 Å². The molecule has 0 aliphatic heterocycles. The summed E-state index contributed by atoms with van der Waals surface area (Å²) in [4.78, 5) is 0. The number of hydrogen-bond acceptors (Lipinski definition) is 2. The number of para-hydroxylation sites is 1. The van der Waals surface area contributed by atoms with E-state index in [1.54, 1.807) is 0 Å². The summed E-state index contributed by atoms with van der Waals surface area (Å²) in [6.07, 6.45) is 0. The van der Waals surface area contributed by atoms with Gasteiger partial charge in [0.05, 0.1) is 6.04 Å². The Kier molecular flexibility index (Phi) is 3.71. The maximum Gasteiger partial charge on any atom is 0.137 e. The molecule has 0 fully saturated rings. The largest absolute Gasteiger partial charge is 0.459 e. The molecule has 0 aliphatic carbocycles. The van der Waals surface area contributed by atoms with Crippen molar-refractivity contribution in [3.05, 3.63) is 68.3 Å². The van der Waals surface area contributed by atoms with Gasteiger partial charge in [0.15, 0.2) is 0 Å². The smallest absolute Gasteiger partial charge is 0.137 e. The zero-order valence-electron chi connectivity index (χ0n) is 10.9. The van der Waals surface area contributed by atoms with E-state index < -0.39 is 0 Å². The van der Waals surface area contributed by atoms with Crippen molar-refractivity contribution in [1.29, 1.82) is 0 Å². The Morgan fingerprint density at radius 1 is 1.10 bits per heavy atom. The SMILES string of the molecule is Cc1cccc2cc(C(N)c3ccc(Br)cc3Br)oc12. The second-order valence-corrected chi connectivity index (χ2v) is 6.56. The van der Waals surface area contributed by atoms with Gasteiger partial charge in [-0.05, 0) is 36.2 Å². The maximum absolute atomic E-state index is 6.34. The number of rotatable bonds is 2. The molecule has 0 saturated carbocycles. The lowest BCUT2D eigenvalue weighted by Crippen LogP contribution is -2.11. The number of furan rings is 1. The van der Waals surface area contributed by atoms with Crippen LogP contribution >= 0.6 is 31.9 Å². The van der Waals surface area contributed by atoms with Crippen LogP contribution in [0.2, 0.25) is 0 Å². The van der Waals surface area contributed by atoms with Crippen LogP contribution in [0.3, 0.4) is 0 Å².